The van der Waals surface area contributed by atoms with E-state index in [9.17, 15) is 5.11 Å². The number of hydrogen-bond acceptors (Lipinski definition) is 1. The number of aliphatic hydroxyl groups excluding tert-OH is 1. The Hall–Kier alpha value is -0.0400. The predicted octanol–water partition coefficient (Wildman–Crippen LogP) is 2.20. The van der Waals surface area contributed by atoms with Crippen molar-refractivity contribution in [1.29, 1.82) is 0 Å². The molecule has 0 aliphatic heterocycles. The van der Waals surface area contributed by atoms with Crippen molar-refractivity contribution in [3.8, 4) is 0 Å². The monoisotopic (exact) mass is 142 g/mol. The molecule has 1 rings (SSSR count). The highest BCUT2D eigenvalue weighted by molar-refractivity contribution is 4.95. The summed E-state index contributed by atoms with van der Waals surface area (Å²) in [6, 6.07) is 0. The van der Waals surface area contributed by atoms with E-state index >= 15 is 0 Å². The van der Waals surface area contributed by atoms with Gasteiger partial charge in [0.1, 0.15) is 0 Å². The van der Waals surface area contributed by atoms with Crippen molar-refractivity contribution in [1.82, 2.24) is 0 Å². The van der Waals surface area contributed by atoms with E-state index in [-0.39, 0.29) is 5.41 Å². The largest absolute Gasteiger partial charge is 0.396 e. The first-order valence-corrected chi connectivity index (χ1v) is 4.13. The first kappa shape index (κ1) is 8.06. The molecule has 1 N–H and O–H groups in total. The smallest absolute Gasteiger partial charge is 0.0492 e. The average Bonchev–Trinajstić information content (AvgIpc) is 1.58. The molecule has 0 atom stereocenters. The number of aliphatic hydroxyl groups is 1. The van der Waals surface area contributed by atoms with E-state index in [0.29, 0.717) is 12.0 Å². The SMILES string of the molecule is CC(C)(C)C1(CO)CCC1. The zero-order valence-electron chi connectivity index (χ0n) is 7.28. The van der Waals surface area contributed by atoms with Gasteiger partial charge in [-0.3, -0.25) is 0 Å². The Morgan fingerprint density at radius 3 is 1.80 bits per heavy atom. The van der Waals surface area contributed by atoms with Crippen LogP contribution in [0, 0.1) is 10.8 Å². The van der Waals surface area contributed by atoms with Crippen LogP contribution in [0.4, 0.5) is 0 Å². The van der Waals surface area contributed by atoms with Crippen molar-refractivity contribution in [3.05, 3.63) is 0 Å². The molecular formula is C9H18O. The summed E-state index contributed by atoms with van der Waals surface area (Å²) in [6.45, 7) is 7.05. The Morgan fingerprint density at radius 1 is 1.30 bits per heavy atom. The highest BCUT2D eigenvalue weighted by atomic mass is 16.3. The van der Waals surface area contributed by atoms with E-state index in [0.717, 1.165) is 0 Å². The minimum absolute atomic E-state index is 0.257. The fourth-order valence-corrected chi connectivity index (χ4v) is 1.75. The molecule has 1 saturated carbocycles. The van der Waals surface area contributed by atoms with Crippen molar-refractivity contribution >= 4 is 0 Å². The van der Waals surface area contributed by atoms with E-state index < -0.39 is 0 Å². The molecule has 0 aromatic rings. The quantitative estimate of drug-likeness (QED) is 0.595. The highest BCUT2D eigenvalue weighted by Gasteiger charge is 2.45. The molecule has 1 nitrogen and oxygen atoms in total. The topological polar surface area (TPSA) is 20.2 Å². The van der Waals surface area contributed by atoms with Crippen LogP contribution < -0.4 is 0 Å². The van der Waals surface area contributed by atoms with Crippen molar-refractivity contribution < 1.29 is 5.11 Å². The molecule has 0 radical (unpaired) electrons. The fraction of sp³-hybridized carbons (Fsp3) is 1.00. The van der Waals surface area contributed by atoms with Crippen molar-refractivity contribution in [2.24, 2.45) is 10.8 Å². The first-order valence-electron chi connectivity index (χ1n) is 4.13. The summed E-state index contributed by atoms with van der Waals surface area (Å²) >= 11 is 0. The van der Waals surface area contributed by atoms with Crippen molar-refractivity contribution in [2.45, 2.75) is 40.0 Å². The average molecular weight is 142 g/mol. The highest BCUT2D eigenvalue weighted by Crippen LogP contribution is 2.53. The molecule has 1 aliphatic carbocycles. The molecule has 0 saturated heterocycles. The molecule has 0 amide bonds. The van der Waals surface area contributed by atoms with Crippen LogP contribution in [-0.4, -0.2) is 11.7 Å². The summed E-state index contributed by atoms with van der Waals surface area (Å²) in [5.41, 5.74) is 0.549. The summed E-state index contributed by atoms with van der Waals surface area (Å²) in [5.74, 6) is 0. The van der Waals surface area contributed by atoms with Crippen LogP contribution in [0.3, 0.4) is 0 Å². The van der Waals surface area contributed by atoms with Crippen LogP contribution in [0.25, 0.3) is 0 Å². The Kier molecular flexibility index (Phi) is 1.80. The zero-order valence-corrected chi connectivity index (χ0v) is 7.28. The Balaban J connectivity index is 2.65. The van der Waals surface area contributed by atoms with Gasteiger partial charge in [0, 0.05) is 6.61 Å². The molecule has 0 unspecified atom stereocenters. The van der Waals surface area contributed by atoms with E-state index in [1.165, 1.54) is 19.3 Å². The van der Waals surface area contributed by atoms with E-state index in [4.69, 9.17) is 0 Å². The van der Waals surface area contributed by atoms with Crippen LogP contribution in [0.2, 0.25) is 0 Å². The van der Waals surface area contributed by atoms with Gasteiger partial charge >= 0.3 is 0 Å². The third-order valence-corrected chi connectivity index (χ3v) is 3.20. The van der Waals surface area contributed by atoms with Crippen LogP contribution >= 0.6 is 0 Å². The summed E-state index contributed by atoms with van der Waals surface area (Å²) in [4.78, 5) is 0. The van der Waals surface area contributed by atoms with Gasteiger partial charge in [0.15, 0.2) is 0 Å². The minimum Gasteiger partial charge on any atom is -0.396 e. The lowest BCUT2D eigenvalue weighted by Gasteiger charge is -2.50. The second-order valence-corrected chi connectivity index (χ2v) is 4.54. The van der Waals surface area contributed by atoms with Gasteiger partial charge in [-0.05, 0) is 23.7 Å². The first-order chi connectivity index (χ1) is 4.52. The minimum atomic E-state index is 0.257. The molecule has 0 bridgehead atoms. The normalized spacial score (nSPS) is 24.0. The van der Waals surface area contributed by atoms with Crippen LogP contribution in [0.1, 0.15) is 40.0 Å². The fourth-order valence-electron chi connectivity index (χ4n) is 1.75. The standard InChI is InChI=1S/C9H18O/c1-8(2,3)9(7-10)5-4-6-9/h10H,4-7H2,1-3H3. The molecule has 0 aromatic heterocycles. The van der Waals surface area contributed by atoms with Crippen LogP contribution in [0.15, 0.2) is 0 Å². The number of hydrogen-bond donors (Lipinski definition) is 1. The van der Waals surface area contributed by atoms with Gasteiger partial charge < -0.3 is 5.11 Å². The lowest BCUT2D eigenvalue weighted by atomic mass is 9.55. The van der Waals surface area contributed by atoms with Crippen molar-refractivity contribution in [3.63, 3.8) is 0 Å². The van der Waals surface area contributed by atoms with Crippen molar-refractivity contribution in [2.75, 3.05) is 6.61 Å². The molecular weight excluding hydrogens is 124 g/mol. The molecule has 1 heteroatoms. The predicted molar refractivity (Wildman–Crippen MR) is 42.8 cm³/mol. The molecule has 1 aliphatic rings. The van der Waals surface area contributed by atoms with Crippen LogP contribution in [0.5, 0.6) is 0 Å². The molecule has 0 heterocycles. The Bertz CT molecular complexity index is 112. The van der Waals surface area contributed by atoms with Gasteiger partial charge in [-0.15, -0.1) is 0 Å². The second kappa shape index (κ2) is 2.23. The van der Waals surface area contributed by atoms with E-state index in [2.05, 4.69) is 20.8 Å². The molecule has 60 valence electrons. The maximum Gasteiger partial charge on any atom is 0.0492 e. The van der Waals surface area contributed by atoms with Gasteiger partial charge in [-0.2, -0.15) is 0 Å². The molecule has 10 heavy (non-hydrogen) atoms. The van der Waals surface area contributed by atoms with E-state index in [1.54, 1.807) is 0 Å². The third kappa shape index (κ3) is 0.968. The summed E-state index contributed by atoms with van der Waals surface area (Å²) in [5, 5.41) is 9.17. The van der Waals surface area contributed by atoms with E-state index in [1.807, 2.05) is 0 Å². The molecule has 1 fully saturated rings. The zero-order chi connectivity index (χ0) is 7.83. The van der Waals surface area contributed by atoms with Crippen LogP contribution in [-0.2, 0) is 0 Å². The van der Waals surface area contributed by atoms with Gasteiger partial charge in [0.2, 0.25) is 0 Å². The number of rotatable bonds is 1. The summed E-state index contributed by atoms with van der Waals surface area (Å²) in [6.07, 6.45) is 3.73. The maximum atomic E-state index is 9.17. The lowest BCUT2D eigenvalue weighted by molar-refractivity contribution is -0.0528. The van der Waals surface area contributed by atoms with Gasteiger partial charge in [-0.25, -0.2) is 0 Å². The van der Waals surface area contributed by atoms with Gasteiger partial charge in [-0.1, -0.05) is 27.2 Å². The maximum absolute atomic E-state index is 9.17. The summed E-state index contributed by atoms with van der Waals surface area (Å²) < 4.78 is 0. The summed E-state index contributed by atoms with van der Waals surface area (Å²) in [7, 11) is 0. The van der Waals surface area contributed by atoms with Gasteiger partial charge in [0.05, 0.1) is 0 Å². The third-order valence-electron chi connectivity index (χ3n) is 3.20. The lowest BCUT2D eigenvalue weighted by Crippen LogP contribution is -2.44. The molecule has 0 aromatic carbocycles. The molecule has 0 spiro atoms. The second-order valence-electron chi connectivity index (χ2n) is 4.54. The Labute approximate surface area is 63.4 Å². The Morgan fingerprint density at radius 2 is 1.80 bits per heavy atom. The van der Waals surface area contributed by atoms with Gasteiger partial charge in [0.25, 0.3) is 0 Å².